The molecule has 1 aromatic carbocycles. The fraction of sp³-hybridized carbons (Fsp3) is 0.556. The number of amides is 2. The van der Waals surface area contributed by atoms with E-state index in [9.17, 15) is 18.0 Å². The number of fused-ring (bicyclic) bond motifs is 8. The van der Waals surface area contributed by atoms with Crippen molar-refractivity contribution >= 4 is 32.9 Å². The predicted octanol–water partition coefficient (Wildman–Crippen LogP) is 3.44. The van der Waals surface area contributed by atoms with Crippen LogP contribution < -0.4 is 9.46 Å². The minimum Gasteiger partial charge on any atom is -0.496 e. The number of carbonyl (C=O) groups is 2. The highest BCUT2D eigenvalue weighted by Crippen LogP contribution is 2.55. The number of benzene rings is 1. The Hall–Kier alpha value is -3.45. The smallest absolute Gasteiger partial charge is 0.303 e. The molecule has 4 atom stereocenters. The van der Waals surface area contributed by atoms with Gasteiger partial charge >= 0.3 is 10.2 Å². The first-order chi connectivity index (χ1) is 23.1. The summed E-state index contributed by atoms with van der Waals surface area (Å²) in [6.45, 7) is 2.88. The van der Waals surface area contributed by atoms with E-state index in [2.05, 4.69) is 51.6 Å². The average Bonchev–Trinajstić information content (AvgIpc) is 3.70. The molecule has 3 unspecified atom stereocenters. The molecule has 2 aromatic rings. The summed E-state index contributed by atoms with van der Waals surface area (Å²) in [7, 11) is 2.62. The van der Waals surface area contributed by atoms with Crippen LogP contribution in [0.1, 0.15) is 61.6 Å². The van der Waals surface area contributed by atoms with Crippen molar-refractivity contribution in [1.29, 1.82) is 0 Å². The van der Waals surface area contributed by atoms with Crippen molar-refractivity contribution in [3.8, 4) is 5.75 Å². The molecule has 11 nitrogen and oxygen atoms in total. The lowest BCUT2D eigenvalue weighted by Gasteiger charge is -2.49. The molecule has 2 saturated heterocycles. The number of piperazine rings is 1. The molecule has 8 rings (SSSR count). The zero-order chi connectivity index (χ0) is 33.5. The molecule has 12 heteroatoms. The lowest BCUT2D eigenvalue weighted by Crippen LogP contribution is -2.64. The van der Waals surface area contributed by atoms with Crippen LogP contribution in [-0.2, 0) is 31.1 Å². The van der Waals surface area contributed by atoms with Crippen LogP contribution >= 0.6 is 0 Å². The summed E-state index contributed by atoms with van der Waals surface area (Å²) in [6, 6.07) is 6.82. The fourth-order valence-electron chi connectivity index (χ4n) is 9.00. The van der Waals surface area contributed by atoms with Gasteiger partial charge in [-0.2, -0.15) is 12.7 Å². The number of morpholine rings is 1. The minimum absolute atomic E-state index is 0.119. The van der Waals surface area contributed by atoms with E-state index in [1.54, 1.807) is 7.11 Å². The molecule has 3 aliphatic heterocycles. The Bertz CT molecular complexity index is 1890. The zero-order valence-corrected chi connectivity index (χ0v) is 29.0. The first-order valence-corrected chi connectivity index (χ1v) is 18.7. The summed E-state index contributed by atoms with van der Waals surface area (Å²) in [5.41, 5.74) is 6.39. The van der Waals surface area contributed by atoms with Crippen molar-refractivity contribution in [2.45, 2.75) is 69.0 Å². The molecule has 6 aliphatic rings. The fourth-order valence-corrected chi connectivity index (χ4v) is 9.52. The number of hydrogen-bond donors (Lipinski definition) is 1. The minimum atomic E-state index is -3.99. The van der Waals surface area contributed by atoms with Crippen molar-refractivity contribution in [2.24, 2.45) is 5.92 Å². The van der Waals surface area contributed by atoms with E-state index < -0.39 is 16.1 Å². The van der Waals surface area contributed by atoms with Crippen molar-refractivity contribution < 1.29 is 27.5 Å². The van der Waals surface area contributed by atoms with E-state index in [1.165, 1.54) is 38.9 Å². The van der Waals surface area contributed by atoms with E-state index in [1.807, 2.05) is 4.90 Å². The van der Waals surface area contributed by atoms with Crippen LogP contribution in [0.4, 0.5) is 0 Å². The Morgan fingerprint density at radius 2 is 1.79 bits per heavy atom. The standard InChI is InChI=1S/C36H45N5O6S/c1-38(2)48(44,45)37-35(42)33-28-18-41-29(15-27-30(46-4)14-13-24(34(27)41)21-9-6-5-7-10-21)31-25(32(28)33)11-8-12-26(31)36(43)40-16-22-19-47-20-23(17-40)39(22)3/h8,11,13-15,21-23,26,31H,5-7,9-10,12,16-20H2,1-4H3,(H,37,42)/t22?,23?,26-,31?/m1/s1. The second-order valence-electron chi connectivity index (χ2n) is 14.5. The summed E-state index contributed by atoms with van der Waals surface area (Å²) in [4.78, 5) is 32.8. The van der Waals surface area contributed by atoms with Crippen molar-refractivity contribution in [3.05, 3.63) is 63.9 Å². The van der Waals surface area contributed by atoms with Gasteiger partial charge in [0.1, 0.15) is 5.75 Å². The number of nitrogens with one attached hydrogen (secondary N) is 1. The number of hydrogen-bond acceptors (Lipinski definition) is 7. The molecular formula is C36H45N5O6S. The van der Waals surface area contributed by atoms with Gasteiger partial charge in [-0.1, -0.05) is 37.5 Å². The van der Waals surface area contributed by atoms with Gasteiger partial charge in [0.2, 0.25) is 5.91 Å². The summed E-state index contributed by atoms with van der Waals surface area (Å²) in [5, 5.41) is 1.02. The van der Waals surface area contributed by atoms with Crippen LogP contribution in [0.25, 0.3) is 10.9 Å². The summed E-state index contributed by atoms with van der Waals surface area (Å²) in [5.74, 6) is 0.0185. The number of likely N-dealkylation sites (N-methyl/N-ethyl adjacent to an activating group) is 1. The van der Waals surface area contributed by atoms with Gasteiger partial charge in [-0.3, -0.25) is 14.5 Å². The summed E-state index contributed by atoms with van der Waals surface area (Å²) >= 11 is 0. The van der Waals surface area contributed by atoms with Gasteiger partial charge in [-0.25, -0.2) is 4.72 Å². The lowest BCUT2D eigenvalue weighted by atomic mass is 9.75. The van der Waals surface area contributed by atoms with Crippen LogP contribution in [0.5, 0.6) is 5.75 Å². The van der Waals surface area contributed by atoms with E-state index in [0.29, 0.717) is 50.8 Å². The van der Waals surface area contributed by atoms with Crippen LogP contribution in [0.2, 0.25) is 0 Å². The maximum atomic E-state index is 14.7. The van der Waals surface area contributed by atoms with Crippen LogP contribution in [-0.4, -0.2) is 106 Å². The number of aromatic nitrogens is 1. The SMILES string of the molecule is COc1ccc(C2CCCCC2)c2c1cc1n2CC2=C(C(=O)NS(=O)(=O)N(C)C)C2=C2C=CC[C@@H](C(=O)N3CC4COCC(C3)N4C)C21. The third-order valence-electron chi connectivity index (χ3n) is 11.7. The molecule has 0 radical (unpaired) electrons. The molecule has 48 heavy (non-hydrogen) atoms. The molecule has 2 bridgehead atoms. The van der Waals surface area contributed by atoms with E-state index >= 15 is 0 Å². The quantitative estimate of drug-likeness (QED) is 0.499. The molecule has 3 fully saturated rings. The maximum Gasteiger partial charge on any atom is 0.303 e. The van der Waals surface area contributed by atoms with Gasteiger partial charge in [-0.05, 0) is 66.6 Å². The Morgan fingerprint density at radius 3 is 2.48 bits per heavy atom. The topological polar surface area (TPSA) is 113 Å². The van der Waals surface area contributed by atoms with E-state index in [4.69, 9.17) is 9.47 Å². The predicted molar refractivity (Wildman–Crippen MR) is 182 cm³/mol. The number of ether oxygens (including phenoxy) is 2. The highest BCUT2D eigenvalue weighted by Gasteiger charge is 2.49. The first kappa shape index (κ1) is 31.8. The van der Waals surface area contributed by atoms with Crippen LogP contribution in [0, 0.1) is 5.92 Å². The average molecular weight is 676 g/mol. The van der Waals surface area contributed by atoms with E-state index in [-0.39, 0.29) is 29.8 Å². The summed E-state index contributed by atoms with van der Waals surface area (Å²) in [6.07, 6.45) is 10.6. The van der Waals surface area contributed by atoms with Gasteiger partial charge < -0.3 is 18.9 Å². The van der Waals surface area contributed by atoms with Gasteiger partial charge in [0, 0.05) is 50.7 Å². The van der Waals surface area contributed by atoms with Crippen LogP contribution in [0.3, 0.4) is 0 Å². The molecule has 3 aliphatic carbocycles. The number of methoxy groups -OCH3 is 1. The number of rotatable bonds is 6. The maximum absolute atomic E-state index is 14.7. The molecule has 1 saturated carbocycles. The largest absolute Gasteiger partial charge is 0.496 e. The summed E-state index contributed by atoms with van der Waals surface area (Å²) < 4.78 is 42.8. The second kappa shape index (κ2) is 11.9. The van der Waals surface area contributed by atoms with Gasteiger partial charge in [-0.15, -0.1) is 0 Å². The van der Waals surface area contributed by atoms with Crippen LogP contribution in [0.15, 0.2) is 52.6 Å². The third kappa shape index (κ3) is 5.05. The van der Waals surface area contributed by atoms with Gasteiger partial charge in [0.25, 0.3) is 5.91 Å². The van der Waals surface area contributed by atoms with Crippen molar-refractivity contribution in [1.82, 2.24) is 23.4 Å². The third-order valence-corrected chi connectivity index (χ3v) is 13.1. The molecule has 1 aromatic heterocycles. The van der Waals surface area contributed by atoms with Gasteiger partial charge in [0.05, 0.1) is 49.4 Å². The number of nitrogens with zero attached hydrogens (tertiary/aromatic N) is 4. The molecule has 256 valence electrons. The highest BCUT2D eigenvalue weighted by atomic mass is 32.2. The molecule has 0 spiro atoms. The highest BCUT2D eigenvalue weighted by molar-refractivity contribution is 7.87. The van der Waals surface area contributed by atoms with Gasteiger partial charge in [0.15, 0.2) is 0 Å². The lowest BCUT2D eigenvalue weighted by molar-refractivity contribution is -0.147. The Labute approximate surface area is 282 Å². The van der Waals surface area contributed by atoms with Crippen molar-refractivity contribution in [2.75, 3.05) is 54.6 Å². The van der Waals surface area contributed by atoms with E-state index in [0.717, 1.165) is 56.2 Å². The zero-order valence-electron chi connectivity index (χ0n) is 28.2. The normalized spacial score (nSPS) is 27.5. The molecular weight excluding hydrogens is 630 g/mol. The number of allylic oxidation sites excluding steroid dienone is 4. The Balaban J connectivity index is 1.28. The Kier molecular flexibility index (Phi) is 7.85. The number of carbonyl (C=O) groups excluding carboxylic acids is 2. The van der Waals surface area contributed by atoms with Crippen molar-refractivity contribution in [3.63, 3.8) is 0 Å². The monoisotopic (exact) mass is 675 g/mol. The molecule has 2 amide bonds. The second-order valence-corrected chi connectivity index (χ2v) is 16.4. The molecule has 1 N–H and O–H groups in total. The molecule has 4 heterocycles. The Morgan fingerprint density at radius 1 is 1.06 bits per heavy atom. The first-order valence-electron chi connectivity index (χ1n) is 17.3.